The second-order valence-electron chi connectivity index (χ2n) is 9.99. The number of fused-ring (bicyclic) bond motifs is 6. The Morgan fingerprint density at radius 1 is 0.794 bits per heavy atom. The summed E-state index contributed by atoms with van der Waals surface area (Å²) in [6, 6.07) is 18.0. The molecule has 34 heavy (non-hydrogen) atoms. The molecule has 3 aromatic carbocycles. The zero-order valence-corrected chi connectivity index (χ0v) is 22.3. The highest BCUT2D eigenvalue weighted by Gasteiger charge is 2.25. The molecule has 2 nitrogen and oxygen atoms in total. The topological polar surface area (TPSA) is 17.3 Å². The van der Waals surface area contributed by atoms with E-state index in [1.165, 1.54) is 60.8 Å². The lowest BCUT2D eigenvalue weighted by Gasteiger charge is -2.26. The molecule has 0 N–H and O–H groups in total. The van der Waals surface area contributed by atoms with Crippen molar-refractivity contribution in [2.24, 2.45) is 0 Å². The van der Waals surface area contributed by atoms with Crippen molar-refractivity contribution in [3.05, 3.63) is 82.5 Å². The van der Waals surface area contributed by atoms with Crippen LogP contribution in [0.2, 0.25) is 0 Å². The Hall–Kier alpha value is -3.13. The van der Waals surface area contributed by atoms with Crippen LogP contribution in [0.4, 0.5) is 0 Å². The molecule has 0 saturated carbocycles. The van der Waals surface area contributed by atoms with Crippen LogP contribution in [0.1, 0.15) is 68.9 Å². The van der Waals surface area contributed by atoms with Gasteiger partial charge in [-0.05, 0) is 84.9 Å². The normalized spacial score (nSPS) is 11.8. The highest BCUT2D eigenvalue weighted by atomic mass is 15.0. The fraction of sp³-hybridized carbons (Fsp3) is 0.344. The maximum atomic E-state index is 5.08. The largest absolute Gasteiger partial charge is 0.292 e. The van der Waals surface area contributed by atoms with E-state index in [-0.39, 0.29) is 5.41 Å². The summed E-state index contributed by atoms with van der Waals surface area (Å²) >= 11 is 0. The fourth-order valence-corrected chi connectivity index (χ4v) is 5.14. The number of hydrogen-bond donors (Lipinski definition) is 0. The van der Waals surface area contributed by atoms with Gasteiger partial charge in [0.15, 0.2) is 0 Å². The van der Waals surface area contributed by atoms with Crippen LogP contribution in [0, 0.1) is 27.7 Å². The molecule has 0 bridgehead atoms. The lowest BCUT2D eigenvalue weighted by molar-refractivity contribution is 0.511. The van der Waals surface area contributed by atoms with Crippen LogP contribution in [-0.4, -0.2) is 9.38 Å². The number of hydrogen-bond acceptors (Lipinski definition) is 1. The molecule has 176 valence electrons. The summed E-state index contributed by atoms with van der Waals surface area (Å²) < 4.78 is 2.41. The van der Waals surface area contributed by atoms with Gasteiger partial charge in [0.05, 0.1) is 17.4 Å². The molecule has 0 saturated heterocycles. The summed E-state index contributed by atoms with van der Waals surface area (Å²) in [5.41, 5.74) is 11.4. The number of benzene rings is 3. The molecule has 0 aliphatic rings. The SMILES string of the molecule is CC.CCC(C)(C)c1cccc2c3cc(C)c(C)cc3n3c(-c4c(C)cccc4C)cnc3c12. The number of pyridine rings is 1. The van der Waals surface area contributed by atoms with Crippen molar-refractivity contribution < 1.29 is 0 Å². The zero-order chi connectivity index (χ0) is 24.8. The van der Waals surface area contributed by atoms with Crippen molar-refractivity contribution in [3.8, 4) is 11.3 Å². The van der Waals surface area contributed by atoms with Gasteiger partial charge in [-0.1, -0.05) is 71.0 Å². The molecule has 2 heteroatoms. The van der Waals surface area contributed by atoms with E-state index in [1.54, 1.807) is 0 Å². The third-order valence-corrected chi connectivity index (χ3v) is 7.54. The molecule has 0 amide bonds. The molecule has 5 aromatic rings. The number of rotatable bonds is 3. The van der Waals surface area contributed by atoms with E-state index in [0.29, 0.717) is 0 Å². The van der Waals surface area contributed by atoms with Crippen molar-refractivity contribution >= 4 is 27.3 Å². The predicted octanol–water partition coefficient (Wildman–Crippen LogP) is 9.26. The molecule has 0 unspecified atom stereocenters. The third-order valence-electron chi connectivity index (χ3n) is 7.54. The molecule has 0 spiro atoms. The Morgan fingerprint density at radius 2 is 1.41 bits per heavy atom. The number of aromatic nitrogens is 2. The fourth-order valence-electron chi connectivity index (χ4n) is 5.14. The Labute approximate surface area is 204 Å². The molecule has 5 rings (SSSR count). The summed E-state index contributed by atoms with van der Waals surface area (Å²) in [5, 5.41) is 3.88. The summed E-state index contributed by atoms with van der Waals surface area (Å²) in [7, 11) is 0. The quantitative estimate of drug-likeness (QED) is 0.250. The van der Waals surface area contributed by atoms with Gasteiger partial charge >= 0.3 is 0 Å². The van der Waals surface area contributed by atoms with Gasteiger partial charge in [-0.2, -0.15) is 0 Å². The summed E-state index contributed by atoms with van der Waals surface area (Å²) in [5.74, 6) is 0. The molecule has 0 atom stereocenters. The van der Waals surface area contributed by atoms with Gasteiger partial charge < -0.3 is 0 Å². The van der Waals surface area contributed by atoms with Crippen LogP contribution in [-0.2, 0) is 5.41 Å². The van der Waals surface area contributed by atoms with Crippen molar-refractivity contribution in [2.45, 2.75) is 74.1 Å². The van der Waals surface area contributed by atoms with E-state index in [2.05, 4.69) is 108 Å². The summed E-state index contributed by atoms with van der Waals surface area (Å²) in [6.45, 7) is 19.8. The molecular formula is C32H38N2. The van der Waals surface area contributed by atoms with Crippen LogP contribution in [0.25, 0.3) is 38.6 Å². The van der Waals surface area contributed by atoms with Crippen molar-refractivity contribution in [1.29, 1.82) is 0 Å². The lowest BCUT2D eigenvalue weighted by atomic mass is 9.79. The molecule has 0 fully saturated rings. The first-order chi connectivity index (χ1) is 16.2. The van der Waals surface area contributed by atoms with Crippen LogP contribution in [0.5, 0.6) is 0 Å². The lowest BCUT2D eigenvalue weighted by Crippen LogP contribution is -2.16. The minimum Gasteiger partial charge on any atom is -0.292 e. The standard InChI is InChI=1S/C30H32N2.C2H6/c1-8-30(6,7)24-14-10-13-22-23-15-20(4)21(5)16-25(23)32-26(17-31-29(32)28(22)24)27-18(2)11-9-12-19(27)3;1-2/h9-17H,8H2,1-7H3;1-2H3. The van der Waals surface area contributed by atoms with Crippen LogP contribution in [0.15, 0.2) is 54.7 Å². The third kappa shape index (κ3) is 3.60. The van der Waals surface area contributed by atoms with Crippen LogP contribution in [0.3, 0.4) is 0 Å². The van der Waals surface area contributed by atoms with E-state index < -0.39 is 0 Å². The van der Waals surface area contributed by atoms with E-state index >= 15 is 0 Å². The summed E-state index contributed by atoms with van der Waals surface area (Å²) in [4.78, 5) is 5.08. The average Bonchev–Trinajstić information content (AvgIpc) is 3.26. The Bertz CT molecular complexity index is 1500. The first-order valence-electron chi connectivity index (χ1n) is 12.6. The van der Waals surface area contributed by atoms with E-state index in [0.717, 1.165) is 12.1 Å². The maximum absolute atomic E-state index is 5.08. The minimum atomic E-state index is 0.0676. The smallest absolute Gasteiger partial charge is 0.145 e. The van der Waals surface area contributed by atoms with Gasteiger partial charge in [-0.3, -0.25) is 4.40 Å². The van der Waals surface area contributed by atoms with E-state index in [9.17, 15) is 0 Å². The highest BCUT2D eigenvalue weighted by Crippen LogP contribution is 2.41. The molecule has 0 radical (unpaired) electrons. The Morgan fingerprint density at radius 3 is 2.06 bits per heavy atom. The molecule has 0 aliphatic heterocycles. The van der Waals surface area contributed by atoms with E-state index in [1.807, 2.05) is 13.8 Å². The van der Waals surface area contributed by atoms with Crippen LogP contribution >= 0.6 is 0 Å². The molecule has 0 aliphatic carbocycles. The number of nitrogens with zero attached hydrogens (tertiary/aromatic N) is 2. The van der Waals surface area contributed by atoms with Crippen molar-refractivity contribution in [3.63, 3.8) is 0 Å². The van der Waals surface area contributed by atoms with Gasteiger partial charge in [0.25, 0.3) is 0 Å². The van der Waals surface area contributed by atoms with Gasteiger partial charge in [0.2, 0.25) is 0 Å². The van der Waals surface area contributed by atoms with Crippen molar-refractivity contribution in [2.75, 3.05) is 0 Å². The van der Waals surface area contributed by atoms with Crippen LogP contribution < -0.4 is 0 Å². The molecule has 2 heterocycles. The monoisotopic (exact) mass is 450 g/mol. The Kier molecular flexibility index (Phi) is 6.29. The zero-order valence-electron chi connectivity index (χ0n) is 22.3. The van der Waals surface area contributed by atoms with Gasteiger partial charge in [0, 0.05) is 16.3 Å². The predicted molar refractivity (Wildman–Crippen MR) is 149 cm³/mol. The number of imidazole rings is 1. The second kappa shape index (κ2) is 8.91. The molecular weight excluding hydrogens is 412 g/mol. The minimum absolute atomic E-state index is 0.0676. The highest BCUT2D eigenvalue weighted by molar-refractivity contribution is 6.14. The average molecular weight is 451 g/mol. The Balaban J connectivity index is 0.00000133. The van der Waals surface area contributed by atoms with Gasteiger partial charge in [0.1, 0.15) is 5.65 Å². The summed E-state index contributed by atoms with van der Waals surface area (Å²) in [6.07, 6.45) is 3.15. The first kappa shape index (κ1) is 24.0. The number of aryl methyl sites for hydroxylation is 4. The van der Waals surface area contributed by atoms with Crippen molar-refractivity contribution in [1.82, 2.24) is 9.38 Å². The first-order valence-corrected chi connectivity index (χ1v) is 12.6. The van der Waals surface area contributed by atoms with Gasteiger partial charge in [-0.25, -0.2) is 4.98 Å². The molecule has 2 aromatic heterocycles. The maximum Gasteiger partial charge on any atom is 0.145 e. The van der Waals surface area contributed by atoms with E-state index in [4.69, 9.17) is 4.98 Å². The second-order valence-corrected chi connectivity index (χ2v) is 9.99. The van der Waals surface area contributed by atoms with Gasteiger partial charge in [-0.15, -0.1) is 0 Å².